The molecule has 2 amide bonds. The minimum atomic E-state index is -0.723. The summed E-state index contributed by atoms with van der Waals surface area (Å²) in [6.45, 7) is 0. The fourth-order valence-corrected chi connectivity index (χ4v) is 7.71. The van der Waals surface area contributed by atoms with Crippen LogP contribution in [0.1, 0.15) is 34.3 Å². The van der Waals surface area contributed by atoms with Crippen molar-refractivity contribution in [2.24, 2.45) is 23.7 Å². The Morgan fingerprint density at radius 3 is 2.38 bits per heavy atom. The molecule has 1 N–H and O–H groups in total. The summed E-state index contributed by atoms with van der Waals surface area (Å²) in [6.07, 6.45) is 7.33. The highest BCUT2D eigenvalue weighted by Gasteiger charge is 2.56. The Balaban J connectivity index is 1.23. The van der Waals surface area contributed by atoms with E-state index in [1.165, 1.54) is 24.2 Å². The van der Waals surface area contributed by atoms with Gasteiger partial charge in [0.05, 0.1) is 29.1 Å². The van der Waals surface area contributed by atoms with Gasteiger partial charge in [0.15, 0.2) is 28.8 Å². The van der Waals surface area contributed by atoms with E-state index in [2.05, 4.69) is 15.9 Å². The van der Waals surface area contributed by atoms with Gasteiger partial charge in [-0.3, -0.25) is 28.9 Å². The van der Waals surface area contributed by atoms with Crippen molar-refractivity contribution in [1.82, 2.24) is 0 Å². The molecular formula is C38H28BrNO7. The number of fused-ring (bicyclic) bond motifs is 3. The molecule has 0 spiro atoms. The lowest BCUT2D eigenvalue weighted by atomic mass is 9.61. The number of Topliss-reactive ketones (excluding diaryl/α,β-unsaturated/α-hetero) is 1. The largest absolute Gasteiger partial charge is 0.504 e. The normalized spacial score (nSPS) is 23.7. The molecule has 47 heavy (non-hydrogen) atoms. The lowest BCUT2D eigenvalue weighted by molar-refractivity contribution is -0.123. The van der Waals surface area contributed by atoms with Gasteiger partial charge in [-0.15, -0.1) is 0 Å². The average Bonchev–Trinajstić information content (AvgIpc) is 3.35. The number of carbonyl (C=O) groups excluding carboxylic acids is 5. The second-order valence-corrected chi connectivity index (χ2v) is 12.8. The molecule has 3 aliphatic carbocycles. The summed E-state index contributed by atoms with van der Waals surface area (Å²) in [5.74, 6) is -3.59. The van der Waals surface area contributed by atoms with E-state index < -0.39 is 23.7 Å². The number of phenolic OH excluding ortho intramolecular Hbond substituents is 1. The van der Waals surface area contributed by atoms with Crippen LogP contribution in [0.4, 0.5) is 5.69 Å². The molecule has 1 saturated heterocycles. The number of amides is 2. The number of hydrogen-bond donors (Lipinski definition) is 1. The number of imide groups is 1. The Morgan fingerprint density at radius 2 is 1.66 bits per heavy atom. The molecule has 0 bridgehead atoms. The van der Waals surface area contributed by atoms with Gasteiger partial charge < -0.3 is 9.84 Å². The van der Waals surface area contributed by atoms with E-state index in [1.54, 1.807) is 66.7 Å². The minimum Gasteiger partial charge on any atom is -0.504 e. The van der Waals surface area contributed by atoms with Crippen molar-refractivity contribution in [2.75, 3.05) is 12.0 Å². The molecule has 0 radical (unpaired) electrons. The first kappa shape index (κ1) is 30.5. The molecule has 1 heterocycles. The third kappa shape index (κ3) is 5.11. The summed E-state index contributed by atoms with van der Waals surface area (Å²) in [7, 11) is 1.45. The first-order valence-electron chi connectivity index (χ1n) is 15.2. The van der Waals surface area contributed by atoms with E-state index in [0.29, 0.717) is 39.9 Å². The molecule has 7 rings (SSSR count). The van der Waals surface area contributed by atoms with Crippen LogP contribution in [0.15, 0.2) is 112 Å². The van der Waals surface area contributed by atoms with Crippen molar-refractivity contribution in [2.45, 2.75) is 12.8 Å². The topological polar surface area (TPSA) is 118 Å². The number of ether oxygens (including phenoxy) is 1. The van der Waals surface area contributed by atoms with E-state index in [4.69, 9.17) is 4.74 Å². The smallest absolute Gasteiger partial charge is 0.238 e. The van der Waals surface area contributed by atoms with Crippen molar-refractivity contribution in [3.05, 3.63) is 129 Å². The predicted molar refractivity (Wildman–Crippen MR) is 178 cm³/mol. The number of allylic oxidation sites excluding steroid dienone is 7. The molecule has 0 aromatic heterocycles. The number of ketones is 3. The van der Waals surface area contributed by atoms with Crippen LogP contribution in [0.3, 0.4) is 0 Å². The van der Waals surface area contributed by atoms with Crippen molar-refractivity contribution in [3.8, 4) is 11.5 Å². The highest BCUT2D eigenvalue weighted by Crippen LogP contribution is 2.53. The van der Waals surface area contributed by atoms with E-state index in [0.717, 1.165) is 5.57 Å². The average molecular weight is 691 g/mol. The van der Waals surface area contributed by atoms with Gasteiger partial charge in [-0.05, 0) is 76.7 Å². The zero-order valence-corrected chi connectivity index (χ0v) is 26.8. The predicted octanol–water partition coefficient (Wildman–Crippen LogP) is 6.14. The second kappa shape index (κ2) is 11.9. The molecule has 3 aromatic rings. The Morgan fingerprint density at radius 1 is 0.936 bits per heavy atom. The number of rotatable bonds is 6. The van der Waals surface area contributed by atoms with Gasteiger partial charge >= 0.3 is 0 Å². The van der Waals surface area contributed by atoms with Crippen molar-refractivity contribution in [1.29, 1.82) is 0 Å². The number of benzene rings is 3. The van der Waals surface area contributed by atoms with Gasteiger partial charge in [0, 0.05) is 34.3 Å². The van der Waals surface area contributed by atoms with Crippen LogP contribution in [0, 0.1) is 23.7 Å². The van der Waals surface area contributed by atoms with Crippen LogP contribution in [0.25, 0.3) is 6.08 Å². The highest BCUT2D eigenvalue weighted by molar-refractivity contribution is 9.12. The maximum atomic E-state index is 14.2. The highest BCUT2D eigenvalue weighted by atomic mass is 79.9. The van der Waals surface area contributed by atoms with E-state index in [-0.39, 0.29) is 51.6 Å². The van der Waals surface area contributed by atoms with Crippen LogP contribution in [-0.2, 0) is 19.2 Å². The van der Waals surface area contributed by atoms with Crippen LogP contribution >= 0.6 is 15.9 Å². The standard InChI is InChI=1S/C38H28BrNO7/c1-47-32-17-20(8-16-30(32)41)7-13-25-24-14-15-26-34(27(24)18-28-33(25)31(42)19-29(39)36(28)44)38(46)40(37(26)45)23-11-9-22(10-12-23)35(43)21-5-3-2-4-6-21/h2-14,16-17,19,25-27,34,41H,15,18H2,1H3/t25-,26-,27+,34-/m0/s1. The SMILES string of the molecule is COc1cc(C=C[C@H]2C3=CC[C@@H]4C(=O)N(c5ccc(C(=O)c6ccccc6)cc5)C(=O)[C@@H]4[C@@H]3CC3=C2C(=O)C=C(Br)C3=O)ccc1O. The van der Waals surface area contributed by atoms with Crippen LogP contribution < -0.4 is 9.64 Å². The molecule has 4 aliphatic rings. The van der Waals surface area contributed by atoms with Gasteiger partial charge in [-0.25, -0.2) is 0 Å². The number of hydrogen-bond acceptors (Lipinski definition) is 7. The van der Waals surface area contributed by atoms with Crippen LogP contribution in [-0.4, -0.2) is 41.4 Å². The Kier molecular flexibility index (Phi) is 7.72. The summed E-state index contributed by atoms with van der Waals surface area (Å²) < 4.78 is 5.40. The summed E-state index contributed by atoms with van der Waals surface area (Å²) >= 11 is 3.24. The number of anilines is 1. The minimum absolute atomic E-state index is 0.0113. The van der Waals surface area contributed by atoms with Crippen LogP contribution in [0.2, 0.25) is 0 Å². The molecule has 3 aromatic carbocycles. The third-order valence-corrected chi connectivity index (χ3v) is 10.1. The summed E-state index contributed by atoms with van der Waals surface area (Å²) in [5, 5.41) is 10.0. The number of halogens is 1. The molecule has 8 nitrogen and oxygen atoms in total. The van der Waals surface area contributed by atoms with E-state index in [1.807, 2.05) is 18.2 Å². The maximum absolute atomic E-state index is 14.2. The lowest BCUT2D eigenvalue weighted by Gasteiger charge is -2.41. The molecule has 1 aliphatic heterocycles. The first-order chi connectivity index (χ1) is 22.7. The van der Waals surface area contributed by atoms with Crippen LogP contribution in [0.5, 0.6) is 11.5 Å². The molecule has 4 atom stereocenters. The molecule has 9 heteroatoms. The zero-order valence-electron chi connectivity index (χ0n) is 25.2. The molecule has 234 valence electrons. The number of phenols is 1. The van der Waals surface area contributed by atoms with Gasteiger partial charge in [-0.2, -0.15) is 0 Å². The Hall–Kier alpha value is -5.15. The first-order valence-corrected chi connectivity index (χ1v) is 16.0. The maximum Gasteiger partial charge on any atom is 0.238 e. The zero-order chi connectivity index (χ0) is 33.0. The quantitative estimate of drug-likeness (QED) is 0.143. The number of methoxy groups -OCH3 is 1. The Labute approximate surface area is 278 Å². The molecule has 0 unspecified atom stereocenters. The fourth-order valence-electron chi connectivity index (χ4n) is 7.26. The van der Waals surface area contributed by atoms with E-state index >= 15 is 0 Å². The summed E-state index contributed by atoms with van der Waals surface area (Å²) in [4.78, 5) is 68.9. The molecule has 0 saturated carbocycles. The summed E-state index contributed by atoms with van der Waals surface area (Å²) in [5.41, 5.74) is 3.59. The van der Waals surface area contributed by atoms with Crippen molar-refractivity contribution >= 4 is 56.9 Å². The number of nitrogens with zero attached hydrogens (tertiary/aromatic N) is 1. The van der Waals surface area contributed by atoms with Gasteiger partial charge in [0.2, 0.25) is 11.8 Å². The van der Waals surface area contributed by atoms with Crippen molar-refractivity contribution < 1.29 is 33.8 Å². The third-order valence-electron chi connectivity index (χ3n) is 9.49. The number of carbonyl (C=O) groups is 5. The fraction of sp³-hybridized carbons (Fsp3) is 0.184. The second-order valence-electron chi connectivity index (χ2n) is 12.0. The summed E-state index contributed by atoms with van der Waals surface area (Å²) in [6, 6.07) is 20.2. The monoisotopic (exact) mass is 689 g/mol. The Bertz CT molecular complexity index is 2000. The van der Waals surface area contributed by atoms with Gasteiger partial charge in [-0.1, -0.05) is 60.2 Å². The van der Waals surface area contributed by atoms with Gasteiger partial charge in [0.25, 0.3) is 0 Å². The van der Waals surface area contributed by atoms with E-state index in [9.17, 15) is 29.1 Å². The number of aromatic hydroxyl groups is 1. The molecule has 1 fully saturated rings. The van der Waals surface area contributed by atoms with Gasteiger partial charge in [0.1, 0.15) is 0 Å². The van der Waals surface area contributed by atoms with Crippen molar-refractivity contribution in [3.63, 3.8) is 0 Å². The molecular weight excluding hydrogens is 662 g/mol. The lowest BCUT2D eigenvalue weighted by Crippen LogP contribution is -2.40.